The third kappa shape index (κ3) is 2.63. The number of oxazole rings is 1. The SMILES string of the molecule is COc1ccc(-c2nc(CN)oc2C)cc1C(C)C. The Hall–Kier alpha value is -1.81. The van der Waals surface area contributed by atoms with Gasteiger partial charge in [-0.25, -0.2) is 4.98 Å². The Labute approximate surface area is 113 Å². The van der Waals surface area contributed by atoms with Crippen molar-refractivity contribution in [2.75, 3.05) is 7.11 Å². The minimum absolute atomic E-state index is 0.314. The van der Waals surface area contributed by atoms with Gasteiger partial charge in [0.1, 0.15) is 17.2 Å². The molecule has 2 N–H and O–H groups in total. The topological polar surface area (TPSA) is 61.3 Å². The van der Waals surface area contributed by atoms with Crippen molar-refractivity contribution in [1.82, 2.24) is 4.98 Å². The van der Waals surface area contributed by atoms with Crippen molar-refractivity contribution in [3.05, 3.63) is 35.4 Å². The van der Waals surface area contributed by atoms with E-state index in [9.17, 15) is 0 Å². The van der Waals surface area contributed by atoms with Crippen molar-refractivity contribution >= 4 is 0 Å². The van der Waals surface area contributed by atoms with Crippen LogP contribution in [0.1, 0.15) is 37.0 Å². The first-order valence-corrected chi connectivity index (χ1v) is 6.41. The Morgan fingerprint density at radius 3 is 2.63 bits per heavy atom. The average Bonchev–Trinajstić information content (AvgIpc) is 2.79. The Kier molecular flexibility index (Phi) is 3.90. The first-order valence-electron chi connectivity index (χ1n) is 6.41. The lowest BCUT2D eigenvalue weighted by molar-refractivity contribution is 0.407. The first kappa shape index (κ1) is 13.6. The molecule has 2 aromatic rings. The van der Waals surface area contributed by atoms with Crippen LogP contribution >= 0.6 is 0 Å². The third-order valence-electron chi connectivity index (χ3n) is 3.14. The van der Waals surface area contributed by atoms with Crippen LogP contribution in [0.2, 0.25) is 0 Å². The molecule has 0 aliphatic heterocycles. The summed E-state index contributed by atoms with van der Waals surface area (Å²) in [4.78, 5) is 4.42. The summed E-state index contributed by atoms with van der Waals surface area (Å²) >= 11 is 0. The van der Waals surface area contributed by atoms with E-state index in [0.717, 1.165) is 28.3 Å². The van der Waals surface area contributed by atoms with E-state index in [-0.39, 0.29) is 0 Å². The van der Waals surface area contributed by atoms with Crippen molar-refractivity contribution in [2.24, 2.45) is 5.73 Å². The van der Waals surface area contributed by atoms with Gasteiger partial charge < -0.3 is 14.9 Å². The van der Waals surface area contributed by atoms with Crippen LogP contribution in [0.25, 0.3) is 11.3 Å². The quantitative estimate of drug-likeness (QED) is 0.916. The number of nitrogens with two attached hydrogens (primary N) is 1. The zero-order valence-corrected chi connectivity index (χ0v) is 11.9. The molecule has 0 atom stereocenters. The number of aryl methyl sites for hydroxylation is 1. The molecule has 0 aliphatic rings. The second-order valence-corrected chi connectivity index (χ2v) is 4.83. The lowest BCUT2D eigenvalue weighted by Crippen LogP contribution is -1.97. The predicted octanol–water partition coefficient (Wildman–Crippen LogP) is 3.24. The fraction of sp³-hybridized carbons (Fsp3) is 0.400. The molecular formula is C15H20N2O2. The maximum atomic E-state index is 5.56. The van der Waals surface area contributed by atoms with Crippen molar-refractivity contribution in [2.45, 2.75) is 33.2 Å². The van der Waals surface area contributed by atoms with Gasteiger partial charge in [-0.05, 0) is 36.6 Å². The Balaban J connectivity index is 2.50. The van der Waals surface area contributed by atoms with E-state index in [1.165, 1.54) is 0 Å². The third-order valence-corrected chi connectivity index (χ3v) is 3.14. The minimum atomic E-state index is 0.314. The van der Waals surface area contributed by atoms with Crippen LogP contribution in [-0.4, -0.2) is 12.1 Å². The number of hydrogen-bond acceptors (Lipinski definition) is 4. The smallest absolute Gasteiger partial charge is 0.208 e. The molecule has 2 rings (SSSR count). The number of nitrogens with zero attached hydrogens (tertiary/aromatic N) is 1. The van der Waals surface area contributed by atoms with E-state index >= 15 is 0 Å². The van der Waals surface area contributed by atoms with E-state index in [4.69, 9.17) is 14.9 Å². The lowest BCUT2D eigenvalue weighted by Gasteiger charge is -2.12. The summed E-state index contributed by atoms with van der Waals surface area (Å²) in [6.07, 6.45) is 0. The van der Waals surface area contributed by atoms with E-state index in [1.54, 1.807) is 7.11 Å². The molecule has 1 aromatic heterocycles. The molecule has 0 radical (unpaired) electrons. The monoisotopic (exact) mass is 260 g/mol. The van der Waals surface area contributed by atoms with Gasteiger partial charge in [-0.1, -0.05) is 13.8 Å². The number of methoxy groups -OCH3 is 1. The highest BCUT2D eigenvalue weighted by atomic mass is 16.5. The second kappa shape index (κ2) is 5.45. The number of benzene rings is 1. The molecular weight excluding hydrogens is 240 g/mol. The molecule has 0 amide bonds. The Bertz CT molecular complexity index is 574. The highest BCUT2D eigenvalue weighted by Crippen LogP contribution is 2.32. The molecule has 4 heteroatoms. The van der Waals surface area contributed by atoms with Gasteiger partial charge in [0.15, 0.2) is 0 Å². The average molecular weight is 260 g/mol. The van der Waals surface area contributed by atoms with Crippen molar-refractivity contribution in [1.29, 1.82) is 0 Å². The van der Waals surface area contributed by atoms with Gasteiger partial charge in [0.2, 0.25) is 5.89 Å². The molecule has 0 aliphatic carbocycles. The summed E-state index contributed by atoms with van der Waals surface area (Å²) in [5.74, 6) is 2.64. The van der Waals surface area contributed by atoms with Gasteiger partial charge in [0.05, 0.1) is 13.7 Å². The van der Waals surface area contributed by atoms with Gasteiger partial charge >= 0.3 is 0 Å². The largest absolute Gasteiger partial charge is 0.496 e. The first-order chi connectivity index (χ1) is 9.06. The molecule has 4 nitrogen and oxygen atoms in total. The number of hydrogen-bond donors (Lipinski definition) is 1. The summed E-state index contributed by atoms with van der Waals surface area (Å²) < 4.78 is 10.9. The van der Waals surface area contributed by atoms with E-state index < -0.39 is 0 Å². The minimum Gasteiger partial charge on any atom is -0.496 e. The Morgan fingerprint density at radius 2 is 2.11 bits per heavy atom. The van der Waals surface area contributed by atoms with Gasteiger partial charge in [0.25, 0.3) is 0 Å². The predicted molar refractivity (Wildman–Crippen MR) is 75.2 cm³/mol. The van der Waals surface area contributed by atoms with E-state index in [2.05, 4.69) is 24.9 Å². The highest BCUT2D eigenvalue weighted by molar-refractivity contribution is 5.64. The maximum absolute atomic E-state index is 5.56. The zero-order valence-electron chi connectivity index (χ0n) is 11.9. The molecule has 0 spiro atoms. The van der Waals surface area contributed by atoms with Crippen LogP contribution in [0.5, 0.6) is 5.75 Å². The van der Waals surface area contributed by atoms with Crippen LogP contribution in [0, 0.1) is 6.92 Å². The normalized spacial score (nSPS) is 11.1. The molecule has 0 unspecified atom stereocenters. The van der Waals surface area contributed by atoms with Crippen LogP contribution in [0.15, 0.2) is 22.6 Å². The number of rotatable bonds is 4. The van der Waals surface area contributed by atoms with Gasteiger partial charge in [-0.3, -0.25) is 0 Å². The zero-order chi connectivity index (χ0) is 14.0. The van der Waals surface area contributed by atoms with E-state index in [0.29, 0.717) is 18.4 Å². The fourth-order valence-corrected chi connectivity index (χ4v) is 2.14. The molecule has 102 valence electrons. The molecule has 1 heterocycles. The summed E-state index contributed by atoms with van der Waals surface area (Å²) in [5, 5.41) is 0. The number of ether oxygens (including phenoxy) is 1. The Morgan fingerprint density at radius 1 is 1.37 bits per heavy atom. The molecule has 0 fully saturated rings. The highest BCUT2D eigenvalue weighted by Gasteiger charge is 2.14. The number of aromatic nitrogens is 1. The van der Waals surface area contributed by atoms with Crippen molar-refractivity contribution in [3.8, 4) is 17.0 Å². The van der Waals surface area contributed by atoms with Crippen LogP contribution in [0.3, 0.4) is 0 Å². The second-order valence-electron chi connectivity index (χ2n) is 4.83. The molecule has 0 saturated heterocycles. The van der Waals surface area contributed by atoms with E-state index in [1.807, 2.05) is 19.1 Å². The standard InChI is InChI=1S/C15H20N2O2/c1-9(2)12-7-11(5-6-13(12)18-4)15-10(3)19-14(8-16)17-15/h5-7,9H,8,16H2,1-4H3. The summed E-state index contributed by atoms with van der Waals surface area (Å²) in [6, 6.07) is 6.07. The van der Waals surface area contributed by atoms with Crippen LogP contribution in [0.4, 0.5) is 0 Å². The molecule has 0 bridgehead atoms. The van der Waals surface area contributed by atoms with Gasteiger partial charge in [0, 0.05) is 5.56 Å². The molecule has 19 heavy (non-hydrogen) atoms. The van der Waals surface area contributed by atoms with Gasteiger partial charge in [-0.15, -0.1) is 0 Å². The summed E-state index contributed by atoms with van der Waals surface area (Å²) in [7, 11) is 1.69. The lowest BCUT2D eigenvalue weighted by atomic mass is 9.98. The van der Waals surface area contributed by atoms with Crippen molar-refractivity contribution < 1.29 is 9.15 Å². The molecule has 1 aromatic carbocycles. The summed E-state index contributed by atoms with van der Waals surface area (Å²) in [5.41, 5.74) is 8.61. The van der Waals surface area contributed by atoms with Gasteiger partial charge in [-0.2, -0.15) is 0 Å². The summed E-state index contributed by atoms with van der Waals surface area (Å²) in [6.45, 7) is 6.50. The van der Waals surface area contributed by atoms with Crippen LogP contribution in [-0.2, 0) is 6.54 Å². The maximum Gasteiger partial charge on any atom is 0.208 e. The van der Waals surface area contributed by atoms with Crippen LogP contribution < -0.4 is 10.5 Å². The molecule has 0 saturated carbocycles. The fourth-order valence-electron chi connectivity index (χ4n) is 2.14. The van der Waals surface area contributed by atoms with Crippen molar-refractivity contribution in [3.63, 3.8) is 0 Å².